The van der Waals surface area contributed by atoms with Gasteiger partial charge in [-0.2, -0.15) is 0 Å². The van der Waals surface area contributed by atoms with Gasteiger partial charge in [-0.3, -0.25) is 0 Å². The molecule has 3 rings (SSSR count). The summed E-state index contributed by atoms with van der Waals surface area (Å²) in [5.74, 6) is 3.80. The van der Waals surface area contributed by atoms with Crippen LogP contribution in [0.5, 0.6) is 5.75 Å². The first-order chi connectivity index (χ1) is 16.3. The summed E-state index contributed by atoms with van der Waals surface area (Å²) in [5.41, 5.74) is 2.23. The van der Waals surface area contributed by atoms with Crippen LogP contribution in [0.1, 0.15) is 110 Å². The molecule has 1 aromatic heterocycles. The summed E-state index contributed by atoms with van der Waals surface area (Å²) in [5, 5.41) is 0. The zero-order chi connectivity index (χ0) is 23.1. The maximum Gasteiger partial charge on any atom is 0.128 e. The third-order valence-corrected chi connectivity index (χ3v) is 7.35. The van der Waals surface area contributed by atoms with Crippen molar-refractivity contribution >= 4 is 0 Å². The maximum atomic E-state index is 5.92. The SMILES string of the molecule is CCCCCCCCCOc1ccc(-c2cnc(CC[C@H]3CC[C@H](CCC)CC3)nc2)cc1. The molecule has 1 heterocycles. The van der Waals surface area contributed by atoms with Crippen molar-refractivity contribution in [2.45, 2.75) is 110 Å². The first kappa shape index (κ1) is 25.7. The first-order valence-electron chi connectivity index (χ1n) is 13.8. The number of nitrogens with zero attached hydrogens (tertiary/aromatic N) is 2. The van der Waals surface area contributed by atoms with Crippen molar-refractivity contribution < 1.29 is 4.74 Å². The average molecular weight is 451 g/mol. The topological polar surface area (TPSA) is 35.0 Å². The summed E-state index contributed by atoms with van der Waals surface area (Å²) in [6.07, 6.45) is 23.8. The highest BCUT2D eigenvalue weighted by molar-refractivity contribution is 5.62. The molecule has 3 nitrogen and oxygen atoms in total. The minimum absolute atomic E-state index is 0.811. The minimum atomic E-state index is 0.811. The van der Waals surface area contributed by atoms with Gasteiger partial charge in [0.05, 0.1) is 6.61 Å². The van der Waals surface area contributed by atoms with Crippen LogP contribution in [0.4, 0.5) is 0 Å². The van der Waals surface area contributed by atoms with Gasteiger partial charge in [0.25, 0.3) is 0 Å². The fourth-order valence-corrected chi connectivity index (χ4v) is 5.18. The van der Waals surface area contributed by atoms with Crippen LogP contribution in [0.25, 0.3) is 11.1 Å². The highest BCUT2D eigenvalue weighted by Gasteiger charge is 2.20. The van der Waals surface area contributed by atoms with Crippen LogP contribution < -0.4 is 4.74 Å². The highest BCUT2D eigenvalue weighted by Crippen LogP contribution is 2.33. The Balaban J connectivity index is 1.34. The standard InChI is InChI=1S/C30H46N2O/c1-3-5-6-7-8-9-10-22-33-29-19-17-27(18-20-29)28-23-31-30(32-24-28)21-16-26-14-12-25(11-4-2)13-15-26/h17-20,23-26H,3-16,21-22H2,1-2H3/t25-,26-. The van der Waals surface area contributed by atoms with Crippen molar-refractivity contribution in [1.82, 2.24) is 9.97 Å². The van der Waals surface area contributed by atoms with E-state index < -0.39 is 0 Å². The lowest BCUT2D eigenvalue weighted by atomic mass is 9.78. The Kier molecular flexibility index (Phi) is 11.8. The lowest BCUT2D eigenvalue weighted by Gasteiger charge is -2.28. The number of unbranched alkanes of at least 4 members (excludes halogenated alkanes) is 6. The van der Waals surface area contributed by atoms with Gasteiger partial charge in [0.15, 0.2) is 0 Å². The van der Waals surface area contributed by atoms with E-state index in [0.29, 0.717) is 0 Å². The van der Waals surface area contributed by atoms with E-state index in [9.17, 15) is 0 Å². The molecule has 0 spiro atoms. The van der Waals surface area contributed by atoms with Crippen LogP contribution in [0, 0.1) is 11.8 Å². The molecule has 1 aliphatic carbocycles. The minimum Gasteiger partial charge on any atom is -0.494 e. The van der Waals surface area contributed by atoms with E-state index in [2.05, 4.69) is 48.1 Å². The summed E-state index contributed by atoms with van der Waals surface area (Å²) in [6, 6.07) is 8.37. The zero-order valence-corrected chi connectivity index (χ0v) is 21.2. The van der Waals surface area contributed by atoms with E-state index in [-0.39, 0.29) is 0 Å². The number of rotatable bonds is 15. The van der Waals surface area contributed by atoms with Crippen LogP contribution >= 0.6 is 0 Å². The summed E-state index contributed by atoms with van der Waals surface area (Å²) < 4.78 is 5.92. The second-order valence-electron chi connectivity index (χ2n) is 10.1. The number of aryl methyl sites for hydroxylation is 1. The molecule has 0 bridgehead atoms. The van der Waals surface area contributed by atoms with E-state index in [1.165, 1.54) is 83.5 Å². The van der Waals surface area contributed by atoms with Gasteiger partial charge in [0, 0.05) is 24.4 Å². The van der Waals surface area contributed by atoms with Crippen molar-refractivity contribution in [1.29, 1.82) is 0 Å². The number of benzene rings is 1. The van der Waals surface area contributed by atoms with Crippen LogP contribution in [0.15, 0.2) is 36.7 Å². The van der Waals surface area contributed by atoms with Crippen molar-refractivity contribution in [2.24, 2.45) is 11.8 Å². The predicted molar refractivity (Wildman–Crippen MR) is 140 cm³/mol. The molecular weight excluding hydrogens is 404 g/mol. The third kappa shape index (κ3) is 9.47. The van der Waals surface area contributed by atoms with Gasteiger partial charge < -0.3 is 4.74 Å². The largest absolute Gasteiger partial charge is 0.494 e. The predicted octanol–water partition coefficient (Wildman–Crippen LogP) is 8.81. The molecule has 33 heavy (non-hydrogen) atoms. The molecule has 0 aliphatic heterocycles. The Morgan fingerprint density at radius 3 is 1.94 bits per heavy atom. The number of aromatic nitrogens is 2. The summed E-state index contributed by atoms with van der Waals surface area (Å²) >= 11 is 0. The van der Waals surface area contributed by atoms with Crippen molar-refractivity contribution in [3.8, 4) is 16.9 Å². The second kappa shape index (κ2) is 15.1. The molecule has 1 fully saturated rings. The molecule has 1 aliphatic rings. The Labute approximate surface area is 202 Å². The Hall–Kier alpha value is -1.90. The van der Waals surface area contributed by atoms with E-state index >= 15 is 0 Å². The molecule has 0 saturated heterocycles. The molecule has 3 heteroatoms. The molecular formula is C30H46N2O. The van der Waals surface area contributed by atoms with Crippen LogP contribution in [0.2, 0.25) is 0 Å². The highest BCUT2D eigenvalue weighted by atomic mass is 16.5. The third-order valence-electron chi connectivity index (χ3n) is 7.35. The Bertz CT molecular complexity index is 748. The van der Waals surface area contributed by atoms with Crippen molar-refractivity contribution in [3.63, 3.8) is 0 Å². The van der Waals surface area contributed by atoms with Crippen molar-refractivity contribution in [3.05, 3.63) is 42.5 Å². The van der Waals surface area contributed by atoms with Crippen LogP contribution in [0.3, 0.4) is 0 Å². The van der Waals surface area contributed by atoms with E-state index in [4.69, 9.17) is 4.74 Å². The quantitative estimate of drug-likeness (QED) is 0.254. The van der Waals surface area contributed by atoms with Crippen LogP contribution in [-0.2, 0) is 6.42 Å². The fourth-order valence-electron chi connectivity index (χ4n) is 5.18. The molecule has 2 aromatic rings. The van der Waals surface area contributed by atoms with E-state index in [1.807, 2.05) is 12.4 Å². The zero-order valence-electron chi connectivity index (χ0n) is 21.2. The number of hydrogen-bond acceptors (Lipinski definition) is 3. The number of ether oxygens (including phenoxy) is 1. The number of hydrogen-bond donors (Lipinski definition) is 0. The normalized spacial score (nSPS) is 18.4. The molecule has 0 N–H and O–H groups in total. The molecule has 0 amide bonds. The molecule has 0 radical (unpaired) electrons. The first-order valence-corrected chi connectivity index (χ1v) is 13.8. The summed E-state index contributed by atoms with van der Waals surface area (Å²) in [4.78, 5) is 9.32. The smallest absolute Gasteiger partial charge is 0.128 e. The van der Waals surface area contributed by atoms with Gasteiger partial charge in [-0.25, -0.2) is 9.97 Å². The maximum absolute atomic E-state index is 5.92. The van der Waals surface area contributed by atoms with Gasteiger partial charge in [0.2, 0.25) is 0 Å². The summed E-state index contributed by atoms with van der Waals surface area (Å²) in [7, 11) is 0. The van der Waals surface area contributed by atoms with Crippen molar-refractivity contribution in [2.75, 3.05) is 6.61 Å². The monoisotopic (exact) mass is 450 g/mol. The van der Waals surface area contributed by atoms with Gasteiger partial charge in [-0.1, -0.05) is 103 Å². The lowest BCUT2D eigenvalue weighted by molar-refractivity contribution is 0.251. The Morgan fingerprint density at radius 2 is 1.30 bits per heavy atom. The van der Waals surface area contributed by atoms with Gasteiger partial charge in [-0.15, -0.1) is 0 Å². The fraction of sp³-hybridized carbons (Fsp3) is 0.667. The lowest BCUT2D eigenvalue weighted by Crippen LogP contribution is -2.15. The molecule has 1 aromatic carbocycles. The summed E-state index contributed by atoms with van der Waals surface area (Å²) in [6.45, 7) is 5.39. The second-order valence-corrected chi connectivity index (χ2v) is 10.1. The average Bonchev–Trinajstić information content (AvgIpc) is 2.86. The van der Waals surface area contributed by atoms with E-state index in [0.717, 1.165) is 54.0 Å². The Morgan fingerprint density at radius 1 is 0.697 bits per heavy atom. The molecule has 182 valence electrons. The molecule has 0 atom stereocenters. The molecule has 1 saturated carbocycles. The van der Waals surface area contributed by atoms with E-state index in [1.54, 1.807) is 0 Å². The van der Waals surface area contributed by atoms with Gasteiger partial charge >= 0.3 is 0 Å². The van der Waals surface area contributed by atoms with Gasteiger partial charge in [-0.05, 0) is 42.4 Å². The van der Waals surface area contributed by atoms with Gasteiger partial charge in [0.1, 0.15) is 11.6 Å². The molecule has 0 unspecified atom stereocenters. The van der Waals surface area contributed by atoms with Crippen LogP contribution in [-0.4, -0.2) is 16.6 Å².